The van der Waals surface area contributed by atoms with Crippen molar-refractivity contribution in [2.45, 2.75) is 31.7 Å². The van der Waals surface area contributed by atoms with Crippen LogP contribution in [0.25, 0.3) is 0 Å². The molecule has 88 valence electrons. The van der Waals surface area contributed by atoms with Crippen LogP contribution in [-0.4, -0.2) is 35.8 Å². The van der Waals surface area contributed by atoms with Crippen LogP contribution in [0.1, 0.15) is 25.7 Å². The van der Waals surface area contributed by atoms with E-state index in [0.717, 1.165) is 12.8 Å². The Bertz CT molecular complexity index is 310. The normalized spacial score (nSPS) is 25.4. The van der Waals surface area contributed by atoms with E-state index in [1.54, 1.807) is 6.08 Å². The number of nitrogens with zero attached hydrogens (tertiary/aromatic N) is 1. The number of hydrogen-bond donors (Lipinski definition) is 1. The van der Waals surface area contributed by atoms with Gasteiger partial charge in [0.1, 0.15) is 0 Å². The van der Waals surface area contributed by atoms with Gasteiger partial charge in [-0.05, 0) is 19.3 Å². The molecular formula is C12H18N2O2. The molecule has 0 aromatic heterocycles. The van der Waals surface area contributed by atoms with E-state index in [2.05, 4.69) is 11.9 Å². The lowest BCUT2D eigenvalue weighted by Gasteiger charge is -2.31. The van der Waals surface area contributed by atoms with E-state index < -0.39 is 0 Å². The van der Waals surface area contributed by atoms with Crippen molar-refractivity contribution in [1.82, 2.24) is 10.2 Å². The van der Waals surface area contributed by atoms with Crippen LogP contribution in [-0.2, 0) is 9.59 Å². The van der Waals surface area contributed by atoms with Crippen LogP contribution in [0.3, 0.4) is 0 Å². The third kappa shape index (κ3) is 2.43. The van der Waals surface area contributed by atoms with E-state index in [4.69, 9.17) is 0 Å². The summed E-state index contributed by atoms with van der Waals surface area (Å²) in [6.45, 7) is 4.67. The van der Waals surface area contributed by atoms with Crippen molar-refractivity contribution in [2.75, 3.05) is 13.1 Å². The Hall–Kier alpha value is -1.32. The minimum absolute atomic E-state index is 0.0294. The SMILES string of the molecule is C=CCNC(=O)[C@H]1CCC(=O)N(C2CC2)C1. The van der Waals surface area contributed by atoms with Gasteiger partial charge in [0.25, 0.3) is 0 Å². The Balaban J connectivity index is 1.88. The summed E-state index contributed by atoms with van der Waals surface area (Å²) in [6.07, 6.45) is 5.08. The molecule has 0 spiro atoms. The summed E-state index contributed by atoms with van der Waals surface area (Å²) in [5.41, 5.74) is 0. The monoisotopic (exact) mass is 222 g/mol. The van der Waals surface area contributed by atoms with Crippen molar-refractivity contribution in [2.24, 2.45) is 5.92 Å². The van der Waals surface area contributed by atoms with Crippen molar-refractivity contribution in [3.8, 4) is 0 Å². The molecule has 0 radical (unpaired) electrons. The fraction of sp³-hybridized carbons (Fsp3) is 0.667. The van der Waals surface area contributed by atoms with E-state index in [9.17, 15) is 9.59 Å². The average Bonchev–Trinajstić information content (AvgIpc) is 3.10. The molecule has 1 heterocycles. The molecule has 1 N–H and O–H groups in total. The highest BCUT2D eigenvalue weighted by Crippen LogP contribution is 2.31. The topological polar surface area (TPSA) is 49.4 Å². The molecule has 4 nitrogen and oxygen atoms in total. The molecule has 1 aliphatic heterocycles. The van der Waals surface area contributed by atoms with Crippen molar-refractivity contribution in [3.05, 3.63) is 12.7 Å². The molecule has 0 aromatic carbocycles. The van der Waals surface area contributed by atoms with Gasteiger partial charge in [0.05, 0.1) is 5.92 Å². The number of carbonyl (C=O) groups excluding carboxylic acids is 2. The number of hydrogen-bond acceptors (Lipinski definition) is 2. The largest absolute Gasteiger partial charge is 0.352 e. The van der Waals surface area contributed by atoms with Crippen LogP contribution in [0.2, 0.25) is 0 Å². The molecule has 16 heavy (non-hydrogen) atoms. The number of nitrogens with one attached hydrogen (secondary N) is 1. The summed E-state index contributed by atoms with van der Waals surface area (Å²) >= 11 is 0. The summed E-state index contributed by atoms with van der Waals surface area (Å²) in [7, 11) is 0. The summed E-state index contributed by atoms with van der Waals surface area (Å²) < 4.78 is 0. The number of likely N-dealkylation sites (tertiary alicyclic amines) is 1. The van der Waals surface area contributed by atoms with Gasteiger partial charge in [0.2, 0.25) is 11.8 Å². The number of amides is 2. The smallest absolute Gasteiger partial charge is 0.225 e. The maximum atomic E-state index is 11.8. The van der Waals surface area contributed by atoms with E-state index in [0.29, 0.717) is 32.0 Å². The third-order valence-corrected chi connectivity index (χ3v) is 3.22. The second kappa shape index (κ2) is 4.68. The molecule has 1 aliphatic carbocycles. The number of piperidine rings is 1. The first kappa shape index (κ1) is 11.2. The standard InChI is InChI=1S/C12H18N2O2/c1-2-7-13-12(16)9-3-6-11(15)14(8-9)10-4-5-10/h2,9-10H,1,3-8H2,(H,13,16)/t9-/m0/s1. The van der Waals surface area contributed by atoms with E-state index in [-0.39, 0.29) is 17.7 Å². The first-order valence-corrected chi connectivity index (χ1v) is 5.90. The molecule has 2 fully saturated rings. The van der Waals surface area contributed by atoms with Gasteiger partial charge in [0, 0.05) is 25.6 Å². The Kier molecular flexibility index (Phi) is 3.27. The lowest BCUT2D eigenvalue weighted by Crippen LogP contribution is -2.46. The first-order valence-electron chi connectivity index (χ1n) is 5.90. The Morgan fingerprint density at radius 3 is 2.88 bits per heavy atom. The van der Waals surface area contributed by atoms with Crippen molar-refractivity contribution < 1.29 is 9.59 Å². The quantitative estimate of drug-likeness (QED) is 0.711. The van der Waals surface area contributed by atoms with Crippen molar-refractivity contribution in [1.29, 1.82) is 0 Å². The summed E-state index contributed by atoms with van der Waals surface area (Å²) in [6, 6.07) is 0.419. The van der Waals surface area contributed by atoms with E-state index in [1.807, 2.05) is 4.90 Å². The zero-order chi connectivity index (χ0) is 11.5. The number of rotatable bonds is 4. The Morgan fingerprint density at radius 2 is 2.25 bits per heavy atom. The maximum Gasteiger partial charge on any atom is 0.225 e. The van der Waals surface area contributed by atoms with Gasteiger partial charge in [-0.25, -0.2) is 0 Å². The molecule has 2 aliphatic rings. The van der Waals surface area contributed by atoms with Crippen LogP contribution in [0, 0.1) is 5.92 Å². The number of carbonyl (C=O) groups is 2. The van der Waals surface area contributed by atoms with Crippen LogP contribution < -0.4 is 5.32 Å². The molecule has 0 aromatic rings. The van der Waals surface area contributed by atoms with Gasteiger partial charge in [-0.15, -0.1) is 6.58 Å². The minimum atomic E-state index is -0.0294. The highest BCUT2D eigenvalue weighted by molar-refractivity contribution is 5.84. The summed E-state index contributed by atoms with van der Waals surface area (Å²) in [5, 5.41) is 2.80. The Labute approximate surface area is 95.7 Å². The van der Waals surface area contributed by atoms with Gasteiger partial charge in [-0.1, -0.05) is 6.08 Å². The predicted molar refractivity (Wildman–Crippen MR) is 60.7 cm³/mol. The molecule has 0 unspecified atom stereocenters. The average molecular weight is 222 g/mol. The Morgan fingerprint density at radius 1 is 1.50 bits per heavy atom. The molecule has 2 amide bonds. The van der Waals surface area contributed by atoms with Gasteiger partial charge in [-0.3, -0.25) is 9.59 Å². The predicted octanol–water partition coefficient (Wildman–Crippen LogP) is 0.690. The fourth-order valence-electron chi connectivity index (χ4n) is 2.14. The molecule has 1 saturated heterocycles. The van der Waals surface area contributed by atoms with Crippen molar-refractivity contribution in [3.63, 3.8) is 0 Å². The van der Waals surface area contributed by atoms with Gasteiger partial charge in [0.15, 0.2) is 0 Å². The van der Waals surface area contributed by atoms with Gasteiger partial charge in [-0.2, -0.15) is 0 Å². The first-order chi connectivity index (χ1) is 7.72. The lowest BCUT2D eigenvalue weighted by molar-refractivity contribution is -0.138. The molecule has 0 bridgehead atoms. The highest BCUT2D eigenvalue weighted by atomic mass is 16.2. The second-order valence-corrected chi connectivity index (χ2v) is 4.55. The van der Waals surface area contributed by atoms with Crippen LogP contribution in [0.15, 0.2) is 12.7 Å². The molecule has 1 atom stereocenters. The van der Waals surface area contributed by atoms with E-state index >= 15 is 0 Å². The highest BCUT2D eigenvalue weighted by Gasteiger charge is 2.38. The second-order valence-electron chi connectivity index (χ2n) is 4.55. The zero-order valence-electron chi connectivity index (χ0n) is 9.45. The summed E-state index contributed by atoms with van der Waals surface area (Å²) in [4.78, 5) is 25.3. The molecule has 1 saturated carbocycles. The van der Waals surface area contributed by atoms with Crippen LogP contribution in [0.5, 0.6) is 0 Å². The lowest BCUT2D eigenvalue weighted by atomic mass is 9.96. The minimum Gasteiger partial charge on any atom is -0.352 e. The molecule has 4 heteroatoms. The third-order valence-electron chi connectivity index (χ3n) is 3.22. The van der Waals surface area contributed by atoms with Crippen LogP contribution >= 0.6 is 0 Å². The van der Waals surface area contributed by atoms with Gasteiger partial charge < -0.3 is 10.2 Å². The summed E-state index contributed by atoms with van der Waals surface area (Å²) in [5.74, 6) is 0.242. The van der Waals surface area contributed by atoms with Gasteiger partial charge >= 0.3 is 0 Å². The van der Waals surface area contributed by atoms with E-state index in [1.165, 1.54) is 0 Å². The van der Waals surface area contributed by atoms with Crippen LogP contribution in [0.4, 0.5) is 0 Å². The zero-order valence-corrected chi connectivity index (χ0v) is 9.45. The van der Waals surface area contributed by atoms with Crippen molar-refractivity contribution >= 4 is 11.8 Å². The molecular weight excluding hydrogens is 204 g/mol. The maximum absolute atomic E-state index is 11.8. The molecule has 2 rings (SSSR count). The fourth-order valence-corrected chi connectivity index (χ4v) is 2.14.